The zero-order valence-electron chi connectivity index (χ0n) is 6.35. The van der Waals surface area contributed by atoms with Gasteiger partial charge in [-0.2, -0.15) is 0 Å². The van der Waals surface area contributed by atoms with Crippen LogP contribution in [0.4, 0.5) is 0 Å². The molecule has 0 amide bonds. The monoisotopic (exact) mass is 146 g/mol. The molecule has 0 bridgehead atoms. The topological polar surface area (TPSA) is 61.4 Å². The van der Waals surface area contributed by atoms with Crippen LogP contribution >= 0.6 is 0 Å². The first-order valence-electron chi connectivity index (χ1n) is 3.29. The molecule has 1 atom stereocenters. The number of likely N-dealkylation sites (N-methyl/N-ethyl adjacent to an activating group) is 1. The molecule has 0 aliphatic rings. The number of aliphatic carboxylic acids is 1. The van der Waals surface area contributed by atoms with Gasteiger partial charge in [-0.3, -0.25) is 4.79 Å². The summed E-state index contributed by atoms with van der Waals surface area (Å²) in [5.41, 5.74) is 0. The number of hydrogen-bond donors (Lipinski definition) is 3. The lowest BCUT2D eigenvalue weighted by molar-refractivity contribution is -0.138. The van der Waals surface area contributed by atoms with Crippen LogP contribution in [0.25, 0.3) is 0 Å². The molecule has 4 heteroatoms. The highest BCUT2D eigenvalue weighted by atomic mass is 16.4. The predicted octanol–water partition coefficient (Wildman–Crippen LogP) is -0.731. The molecule has 0 heterocycles. The van der Waals surface area contributed by atoms with Crippen molar-refractivity contribution in [3.05, 3.63) is 0 Å². The first kappa shape index (κ1) is 9.39. The van der Waals surface area contributed by atoms with E-state index in [1.165, 1.54) is 0 Å². The summed E-state index contributed by atoms with van der Waals surface area (Å²) in [6, 6.07) is -0.451. The van der Waals surface area contributed by atoms with Crippen molar-refractivity contribution >= 4 is 5.97 Å². The maximum Gasteiger partial charge on any atom is 0.320 e. The molecular formula is C6H14N2O2. The molecule has 0 unspecified atom stereocenters. The Labute approximate surface area is 60.6 Å². The van der Waals surface area contributed by atoms with Crippen LogP contribution in [0.2, 0.25) is 0 Å². The molecule has 0 spiro atoms. The van der Waals surface area contributed by atoms with Crippen LogP contribution in [-0.4, -0.2) is 37.3 Å². The minimum atomic E-state index is -0.809. The van der Waals surface area contributed by atoms with E-state index in [9.17, 15) is 4.79 Å². The Morgan fingerprint density at radius 3 is 2.60 bits per heavy atom. The largest absolute Gasteiger partial charge is 0.480 e. The Bertz CT molecular complexity index is 106. The second-order valence-corrected chi connectivity index (χ2v) is 2.12. The Kier molecular flexibility index (Phi) is 4.88. The van der Waals surface area contributed by atoms with Gasteiger partial charge in [0.25, 0.3) is 0 Å². The number of rotatable bonds is 5. The summed E-state index contributed by atoms with van der Waals surface area (Å²) in [4.78, 5) is 10.2. The number of carboxylic acid groups (broad SMARTS) is 1. The van der Waals surface area contributed by atoms with Gasteiger partial charge in [-0.25, -0.2) is 0 Å². The molecule has 0 aliphatic heterocycles. The van der Waals surface area contributed by atoms with Gasteiger partial charge in [0.05, 0.1) is 0 Å². The van der Waals surface area contributed by atoms with Crippen LogP contribution in [-0.2, 0) is 4.79 Å². The standard InChI is InChI=1S/C6H14N2O2/c1-5(6(9)10)8-4-3-7-2/h5,7-8H,3-4H2,1-2H3,(H,9,10)/t5-/m1/s1. The Hall–Kier alpha value is -0.610. The zero-order valence-corrected chi connectivity index (χ0v) is 6.35. The van der Waals surface area contributed by atoms with E-state index in [1.807, 2.05) is 7.05 Å². The zero-order chi connectivity index (χ0) is 7.98. The highest BCUT2D eigenvalue weighted by molar-refractivity contribution is 5.72. The molecule has 0 fully saturated rings. The number of carbonyl (C=O) groups is 1. The van der Waals surface area contributed by atoms with Crippen molar-refractivity contribution in [3.8, 4) is 0 Å². The van der Waals surface area contributed by atoms with Crippen molar-refractivity contribution in [1.29, 1.82) is 0 Å². The third-order valence-electron chi connectivity index (χ3n) is 1.20. The molecule has 4 nitrogen and oxygen atoms in total. The van der Waals surface area contributed by atoms with Gasteiger partial charge in [0.15, 0.2) is 0 Å². The third kappa shape index (κ3) is 4.29. The van der Waals surface area contributed by atoms with E-state index < -0.39 is 12.0 Å². The summed E-state index contributed by atoms with van der Waals surface area (Å²) in [6.07, 6.45) is 0. The van der Waals surface area contributed by atoms with Crippen molar-refractivity contribution in [1.82, 2.24) is 10.6 Å². The Balaban J connectivity index is 3.21. The normalized spacial score (nSPS) is 13.0. The summed E-state index contributed by atoms with van der Waals surface area (Å²) in [5.74, 6) is -0.809. The van der Waals surface area contributed by atoms with E-state index in [4.69, 9.17) is 5.11 Å². The predicted molar refractivity (Wildman–Crippen MR) is 39.0 cm³/mol. The number of hydrogen-bond acceptors (Lipinski definition) is 3. The average Bonchev–Trinajstić information content (AvgIpc) is 1.88. The fraction of sp³-hybridized carbons (Fsp3) is 0.833. The van der Waals surface area contributed by atoms with E-state index in [0.717, 1.165) is 6.54 Å². The second-order valence-electron chi connectivity index (χ2n) is 2.12. The summed E-state index contributed by atoms with van der Waals surface area (Å²) in [6.45, 7) is 3.10. The molecule has 0 aliphatic carbocycles. The first-order chi connectivity index (χ1) is 4.68. The SMILES string of the molecule is CNCCN[C@H](C)C(=O)O. The summed E-state index contributed by atoms with van der Waals surface area (Å²) >= 11 is 0. The summed E-state index contributed by atoms with van der Waals surface area (Å²) < 4.78 is 0. The van der Waals surface area contributed by atoms with Crippen molar-refractivity contribution in [3.63, 3.8) is 0 Å². The molecule has 0 radical (unpaired) electrons. The van der Waals surface area contributed by atoms with Crippen molar-refractivity contribution in [2.24, 2.45) is 0 Å². The molecule has 0 aromatic heterocycles. The second kappa shape index (κ2) is 5.20. The smallest absolute Gasteiger partial charge is 0.320 e. The van der Waals surface area contributed by atoms with Crippen LogP contribution in [0, 0.1) is 0 Å². The highest BCUT2D eigenvalue weighted by Gasteiger charge is 2.07. The molecule has 3 N–H and O–H groups in total. The molecule has 0 aromatic rings. The van der Waals surface area contributed by atoms with Crippen LogP contribution in [0.5, 0.6) is 0 Å². The Morgan fingerprint density at radius 1 is 1.60 bits per heavy atom. The number of carboxylic acids is 1. The Morgan fingerprint density at radius 2 is 2.20 bits per heavy atom. The minimum absolute atomic E-state index is 0.451. The van der Waals surface area contributed by atoms with Crippen LogP contribution < -0.4 is 10.6 Å². The van der Waals surface area contributed by atoms with Crippen LogP contribution in [0.15, 0.2) is 0 Å². The van der Waals surface area contributed by atoms with Gasteiger partial charge in [0.2, 0.25) is 0 Å². The fourth-order valence-electron chi connectivity index (χ4n) is 0.501. The molecule has 0 rings (SSSR count). The lowest BCUT2D eigenvalue weighted by Crippen LogP contribution is -2.37. The molecule has 10 heavy (non-hydrogen) atoms. The van der Waals surface area contributed by atoms with Gasteiger partial charge >= 0.3 is 5.97 Å². The van der Waals surface area contributed by atoms with Gasteiger partial charge in [0.1, 0.15) is 6.04 Å². The van der Waals surface area contributed by atoms with Crippen LogP contribution in [0.1, 0.15) is 6.92 Å². The van der Waals surface area contributed by atoms with Gasteiger partial charge in [-0.1, -0.05) is 0 Å². The maximum atomic E-state index is 10.2. The van der Waals surface area contributed by atoms with E-state index in [1.54, 1.807) is 6.92 Å². The van der Waals surface area contributed by atoms with Gasteiger partial charge in [-0.05, 0) is 14.0 Å². The quantitative estimate of drug-likeness (QED) is 0.447. The highest BCUT2D eigenvalue weighted by Crippen LogP contribution is 1.77. The van der Waals surface area contributed by atoms with E-state index >= 15 is 0 Å². The summed E-state index contributed by atoms with van der Waals surface area (Å²) in [5, 5.41) is 14.1. The molecule has 60 valence electrons. The fourth-order valence-corrected chi connectivity index (χ4v) is 0.501. The minimum Gasteiger partial charge on any atom is -0.480 e. The van der Waals surface area contributed by atoms with E-state index in [0.29, 0.717) is 6.54 Å². The molecule has 0 saturated heterocycles. The van der Waals surface area contributed by atoms with Crippen molar-refractivity contribution in [2.75, 3.05) is 20.1 Å². The van der Waals surface area contributed by atoms with Crippen LogP contribution in [0.3, 0.4) is 0 Å². The maximum absolute atomic E-state index is 10.2. The van der Waals surface area contributed by atoms with Gasteiger partial charge in [-0.15, -0.1) is 0 Å². The van der Waals surface area contributed by atoms with Gasteiger partial charge < -0.3 is 15.7 Å². The van der Waals surface area contributed by atoms with Crippen molar-refractivity contribution < 1.29 is 9.90 Å². The van der Waals surface area contributed by atoms with Gasteiger partial charge in [0, 0.05) is 13.1 Å². The number of nitrogens with one attached hydrogen (secondary N) is 2. The van der Waals surface area contributed by atoms with E-state index in [-0.39, 0.29) is 0 Å². The lowest BCUT2D eigenvalue weighted by atomic mass is 10.3. The lowest BCUT2D eigenvalue weighted by Gasteiger charge is -2.07. The summed E-state index contributed by atoms with van der Waals surface area (Å²) in [7, 11) is 1.83. The molecule has 0 saturated carbocycles. The molecular weight excluding hydrogens is 132 g/mol. The van der Waals surface area contributed by atoms with E-state index in [2.05, 4.69) is 10.6 Å². The van der Waals surface area contributed by atoms with Crippen molar-refractivity contribution in [2.45, 2.75) is 13.0 Å². The first-order valence-corrected chi connectivity index (χ1v) is 3.29. The average molecular weight is 146 g/mol. The molecule has 0 aromatic carbocycles. The third-order valence-corrected chi connectivity index (χ3v) is 1.20.